The lowest BCUT2D eigenvalue weighted by Crippen LogP contribution is -2.26. The van der Waals surface area contributed by atoms with Gasteiger partial charge in [0.1, 0.15) is 29.1 Å². The highest BCUT2D eigenvalue weighted by Gasteiger charge is 2.21. The number of nitrogen functional groups attached to an aromatic ring is 1. The summed E-state index contributed by atoms with van der Waals surface area (Å²) in [5, 5.41) is 18.8. The van der Waals surface area contributed by atoms with Crippen LogP contribution in [0.15, 0.2) is 34.0 Å². The molecule has 1 aromatic carbocycles. The van der Waals surface area contributed by atoms with E-state index in [9.17, 15) is 15.3 Å². The van der Waals surface area contributed by atoms with Crippen molar-refractivity contribution < 1.29 is 0 Å². The Bertz CT molecular complexity index is 871. The number of benzene rings is 1. The minimum Gasteiger partial charge on any atom is -0.384 e. The van der Waals surface area contributed by atoms with Gasteiger partial charge in [0.15, 0.2) is 0 Å². The van der Waals surface area contributed by atoms with Gasteiger partial charge in [-0.25, -0.2) is 0 Å². The molecule has 110 valence electrons. The molecule has 1 aromatic heterocycles. The van der Waals surface area contributed by atoms with Gasteiger partial charge in [0, 0.05) is 0 Å². The Labute approximate surface area is 132 Å². The molecule has 6 heteroatoms. The molecule has 0 saturated carbocycles. The van der Waals surface area contributed by atoms with Crippen LogP contribution in [0.1, 0.15) is 23.6 Å². The van der Waals surface area contributed by atoms with E-state index in [2.05, 4.69) is 0 Å². The van der Waals surface area contributed by atoms with E-state index in [-0.39, 0.29) is 16.9 Å². The minimum absolute atomic E-state index is 0.0409. The summed E-state index contributed by atoms with van der Waals surface area (Å²) in [4.78, 5) is 13.0. The van der Waals surface area contributed by atoms with Gasteiger partial charge in [0.2, 0.25) is 0 Å². The largest absolute Gasteiger partial charge is 0.384 e. The quantitative estimate of drug-likeness (QED) is 0.879. The molecule has 0 amide bonds. The van der Waals surface area contributed by atoms with Crippen LogP contribution in [-0.2, 0) is 0 Å². The summed E-state index contributed by atoms with van der Waals surface area (Å²) in [7, 11) is 0. The first-order valence-corrected chi connectivity index (χ1v) is 7.62. The van der Waals surface area contributed by atoms with Crippen LogP contribution in [-0.4, -0.2) is 10.3 Å². The molecule has 0 spiro atoms. The molecule has 0 fully saturated rings. The number of nitrogens with zero attached hydrogens (tertiary/aromatic N) is 3. The summed E-state index contributed by atoms with van der Waals surface area (Å²) >= 11 is 1.28. The van der Waals surface area contributed by atoms with E-state index in [0.717, 1.165) is 5.56 Å². The van der Waals surface area contributed by atoms with Gasteiger partial charge in [-0.2, -0.15) is 10.5 Å². The Hall–Kier alpha value is -2.70. The number of para-hydroxylation sites is 1. The van der Waals surface area contributed by atoms with Crippen LogP contribution in [0.3, 0.4) is 0 Å². The Kier molecular flexibility index (Phi) is 4.55. The molecule has 5 nitrogen and oxygen atoms in total. The predicted molar refractivity (Wildman–Crippen MR) is 87.0 cm³/mol. The second-order valence-electron chi connectivity index (χ2n) is 4.55. The number of nitrogens with two attached hydrogens (primary N) is 1. The molecule has 0 radical (unpaired) electrons. The van der Waals surface area contributed by atoms with Crippen molar-refractivity contribution in [2.24, 2.45) is 0 Å². The zero-order valence-corrected chi connectivity index (χ0v) is 13.1. The molecule has 0 bridgehead atoms. The molecule has 1 heterocycles. The van der Waals surface area contributed by atoms with Gasteiger partial charge in [-0.15, -0.1) is 11.8 Å². The molecule has 2 aromatic rings. The van der Waals surface area contributed by atoms with Gasteiger partial charge in [0.25, 0.3) is 5.56 Å². The molecule has 0 unspecified atom stereocenters. The highest BCUT2D eigenvalue weighted by Crippen LogP contribution is 2.29. The number of pyridine rings is 1. The smallest absolute Gasteiger partial charge is 0.275 e. The fourth-order valence-corrected chi connectivity index (χ4v) is 3.08. The Morgan fingerprint density at radius 2 is 1.86 bits per heavy atom. The van der Waals surface area contributed by atoms with Crippen LogP contribution >= 0.6 is 11.8 Å². The lowest BCUT2D eigenvalue weighted by molar-refractivity contribution is 0.958. The minimum atomic E-state index is -0.496. The summed E-state index contributed by atoms with van der Waals surface area (Å²) in [6.45, 7) is 3.73. The third-order valence-electron chi connectivity index (χ3n) is 3.24. The first-order valence-electron chi connectivity index (χ1n) is 6.64. The van der Waals surface area contributed by atoms with Crippen LogP contribution in [0.4, 0.5) is 5.82 Å². The highest BCUT2D eigenvalue weighted by atomic mass is 32.2. The van der Waals surface area contributed by atoms with E-state index in [0.29, 0.717) is 16.3 Å². The fourth-order valence-electron chi connectivity index (χ4n) is 2.22. The molecule has 2 rings (SSSR count). The van der Waals surface area contributed by atoms with Crippen molar-refractivity contribution in [1.82, 2.24) is 4.57 Å². The summed E-state index contributed by atoms with van der Waals surface area (Å²) in [6, 6.07) is 11.1. The van der Waals surface area contributed by atoms with Gasteiger partial charge in [0.05, 0.1) is 10.6 Å². The van der Waals surface area contributed by atoms with Gasteiger partial charge >= 0.3 is 0 Å². The van der Waals surface area contributed by atoms with Crippen LogP contribution < -0.4 is 11.3 Å². The maximum atomic E-state index is 12.7. The molecule has 0 aliphatic carbocycles. The molecule has 0 saturated heterocycles. The number of thioether (sulfide) groups is 1. The number of aromatic nitrogens is 1. The normalized spacial score (nSPS) is 10.0. The number of rotatable bonds is 3. The average Bonchev–Trinajstić information content (AvgIpc) is 2.50. The molecule has 22 heavy (non-hydrogen) atoms. The Balaban J connectivity index is 2.95. The molecule has 0 aliphatic heterocycles. The predicted octanol–water partition coefficient (Wildman–Crippen LogP) is 2.58. The SMILES string of the molecule is CCSc1c(C#N)c(N)n(-c2ccccc2C)c(=O)c1C#N. The summed E-state index contributed by atoms with van der Waals surface area (Å²) in [5.41, 5.74) is 7.11. The van der Waals surface area contributed by atoms with E-state index >= 15 is 0 Å². The molecular weight excluding hydrogens is 296 g/mol. The van der Waals surface area contributed by atoms with Crippen molar-refractivity contribution in [3.63, 3.8) is 0 Å². The highest BCUT2D eigenvalue weighted by molar-refractivity contribution is 7.99. The van der Waals surface area contributed by atoms with Gasteiger partial charge < -0.3 is 5.73 Å². The number of hydrogen-bond acceptors (Lipinski definition) is 5. The van der Waals surface area contributed by atoms with E-state index < -0.39 is 5.56 Å². The van der Waals surface area contributed by atoms with E-state index in [1.165, 1.54) is 16.3 Å². The average molecular weight is 310 g/mol. The summed E-state index contributed by atoms with van der Waals surface area (Å²) in [6.07, 6.45) is 0. The maximum absolute atomic E-state index is 12.7. The number of anilines is 1. The molecule has 0 aliphatic rings. The lowest BCUT2D eigenvalue weighted by atomic mass is 10.1. The van der Waals surface area contributed by atoms with Crippen LogP contribution in [0, 0.1) is 29.6 Å². The zero-order valence-electron chi connectivity index (χ0n) is 12.3. The maximum Gasteiger partial charge on any atom is 0.275 e. The molecule has 0 atom stereocenters. The number of hydrogen-bond donors (Lipinski definition) is 1. The lowest BCUT2D eigenvalue weighted by Gasteiger charge is -2.16. The first-order chi connectivity index (χ1) is 10.6. The van der Waals surface area contributed by atoms with Crippen LogP contribution in [0.5, 0.6) is 0 Å². The van der Waals surface area contributed by atoms with Gasteiger partial charge in [-0.3, -0.25) is 9.36 Å². The second kappa shape index (κ2) is 6.38. The van der Waals surface area contributed by atoms with E-state index in [1.807, 2.05) is 38.1 Å². The third kappa shape index (κ3) is 2.45. The zero-order chi connectivity index (χ0) is 16.3. The van der Waals surface area contributed by atoms with E-state index in [1.54, 1.807) is 12.1 Å². The first kappa shape index (κ1) is 15.7. The monoisotopic (exact) mass is 310 g/mol. The van der Waals surface area contributed by atoms with Crippen LogP contribution in [0.25, 0.3) is 5.69 Å². The number of nitriles is 2. The van der Waals surface area contributed by atoms with Crippen molar-refractivity contribution in [1.29, 1.82) is 10.5 Å². The molecule has 2 N–H and O–H groups in total. The van der Waals surface area contributed by atoms with Gasteiger partial charge in [-0.1, -0.05) is 25.1 Å². The van der Waals surface area contributed by atoms with Crippen molar-refractivity contribution >= 4 is 17.6 Å². The Morgan fingerprint density at radius 1 is 1.23 bits per heavy atom. The van der Waals surface area contributed by atoms with Crippen molar-refractivity contribution in [2.75, 3.05) is 11.5 Å². The second-order valence-corrected chi connectivity index (χ2v) is 5.82. The fraction of sp³-hybridized carbons (Fsp3) is 0.188. The van der Waals surface area contributed by atoms with Crippen molar-refractivity contribution in [3.8, 4) is 17.8 Å². The number of aryl methyl sites for hydroxylation is 1. The summed E-state index contributed by atoms with van der Waals surface area (Å²) < 4.78 is 1.24. The molecular formula is C16H14N4OS. The topological polar surface area (TPSA) is 95.6 Å². The van der Waals surface area contributed by atoms with Crippen molar-refractivity contribution in [2.45, 2.75) is 18.7 Å². The van der Waals surface area contributed by atoms with Crippen molar-refractivity contribution in [3.05, 3.63) is 51.3 Å². The Morgan fingerprint density at radius 3 is 2.41 bits per heavy atom. The summed E-state index contributed by atoms with van der Waals surface area (Å²) in [5.74, 6) is 0.702. The van der Waals surface area contributed by atoms with Gasteiger partial charge in [-0.05, 0) is 24.3 Å². The van der Waals surface area contributed by atoms with E-state index in [4.69, 9.17) is 5.73 Å². The third-order valence-corrected chi connectivity index (χ3v) is 4.22. The standard InChI is InChI=1S/C16H14N4OS/c1-3-22-14-11(8-17)15(19)20(16(21)12(14)9-18)13-7-5-4-6-10(13)2/h4-7H,3,19H2,1-2H3. The van der Waals surface area contributed by atoms with Crippen LogP contribution in [0.2, 0.25) is 0 Å².